The Bertz CT molecular complexity index is 1380. The van der Waals surface area contributed by atoms with E-state index in [-0.39, 0.29) is 23.4 Å². The Hall–Kier alpha value is -3.60. The number of rotatable bonds is 4. The molecule has 4 aromatic rings. The summed E-state index contributed by atoms with van der Waals surface area (Å²) in [6.45, 7) is 15.3. The van der Waals surface area contributed by atoms with Gasteiger partial charge in [-0.3, -0.25) is 0 Å². The van der Waals surface area contributed by atoms with Crippen LogP contribution >= 0.6 is 0 Å². The number of allylic oxidation sites excluding steroid dienone is 1. The standard InChI is InChI=1S/C29H30FN3O/c1-18-7-13-25-27(15-18)32(20(3)29(4,5)6)19(2)28(25)34-24-12-14-26-21(16-24)17-31-33(26)23-10-8-22(30)9-11-23/h7-17,19,28H,3H2,1-2,4-6H3/t19-,28-/m0/s1. The number of anilines is 1. The number of benzene rings is 3. The number of aryl methyl sites for hydroxylation is 1. The molecule has 1 aromatic heterocycles. The van der Waals surface area contributed by atoms with Gasteiger partial charge in [0.05, 0.1) is 23.4 Å². The van der Waals surface area contributed by atoms with Crippen LogP contribution < -0.4 is 9.64 Å². The van der Waals surface area contributed by atoms with E-state index in [0.29, 0.717) is 0 Å². The molecule has 0 amide bonds. The van der Waals surface area contributed by atoms with Gasteiger partial charge in [-0.15, -0.1) is 0 Å². The monoisotopic (exact) mass is 455 g/mol. The fraction of sp³-hybridized carbons (Fsp3) is 0.276. The molecule has 5 rings (SSSR count). The zero-order valence-corrected chi connectivity index (χ0v) is 20.3. The number of halogens is 1. The van der Waals surface area contributed by atoms with Crippen LogP contribution in [0.5, 0.6) is 5.75 Å². The van der Waals surface area contributed by atoms with Crippen molar-refractivity contribution in [3.63, 3.8) is 0 Å². The summed E-state index contributed by atoms with van der Waals surface area (Å²) in [5.41, 5.74) is 6.33. The molecule has 1 aliphatic heterocycles. The first-order valence-electron chi connectivity index (χ1n) is 11.6. The maximum absolute atomic E-state index is 13.3. The highest BCUT2D eigenvalue weighted by Gasteiger charge is 2.40. The maximum atomic E-state index is 13.3. The van der Waals surface area contributed by atoms with Crippen LogP contribution in [-0.2, 0) is 0 Å². The van der Waals surface area contributed by atoms with Crippen LogP contribution in [-0.4, -0.2) is 15.8 Å². The number of fused-ring (bicyclic) bond motifs is 2. The average Bonchev–Trinajstić information content (AvgIpc) is 3.32. The first-order valence-corrected chi connectivity index (χ1v) is 11.6. The maximum Gasteiger partial charge on any atom is 0.146 e. The highest BCUT2D eigenvalue weighted by Crippen LogP contribution is 2.47. The van der Waals surface area contributed by atoms with Gasteiger partial charge >= 0.3 is 0 Å². The Morgan fingerprint density at radius 1 is 1.03 bits per heavy atom. The van der Waals surface area contributed by atoms with Crippen LogP contribution in [0.1, 0.15) is 44.9 Å². The third-order valence-electron chi connectivity index (χ3n) is 6.63. The molecule has 0 fully saturated rings. The van der Waals surface area contributed by atoms with Crippen LogP contribution in [0.3, 0.4) is 0 Å². The molecular weight excluding hydrogens is 425 g/mol. The summed E-state index contributed by atoms with van der Waals surface area (Å²) in [6, 6.07) is 19.0. The number of aromatic nitrogens is 2. The van der Waals surface area contributed by atoms with Crippen LogP contribution in [0.15, 0.2) is 79.1 Å². The lowest BCUT2D eigenvalue weighted by molar-refractivity contribution is 0.189. The molecule has 0 saturated heterocycles. The fourth-order valence-electron chi connectivity index (χ4n) is 4.65. The molecule has 1 aliphatic rings. The zero-order chi connectivity index (χ0) is 24.2. The van der Waals surface area contributed by atoms with Crippen molar-refractivity contribution in [3.05, 3.63) is 96.1 Å². The van der Waals surface area contributed by atoms with Crippen LogP contribution in [0.4, 0.5) is 10.1 Å². The first-order chi connectivity index (χ1) is 16.1. The van der Waals surface area contributed by atoms with Crippen LogP contribution in [0, 0.1) is 18.2 Å². The van der Waals surface area contributed by atoms with Gasteiger partial charge in [-0.05, 0) is 67.9 Å². The van der Waals surface area contributed by atoms with Crippen molar-refractivity contribution < 1.29 is 9.13 Å². The fourth-order valence-corrected chi connectivity index (χ4v) is 4.65. The van der Waals surface area contributed by atoms with E-state index in [1.165, 1.54) is 28.9 Å². The summed E-state index contributed by atoms with van der Waals surface area (Å²) in [5, 5.41) is 5.48. The Morgan fingerprint density at radius 3 is 2.47 bits per heavy atom. The smallest absolute Gasteiger partial charge is 0.146 e. The average molecular weight is 456 g/mol. The quantitative estimate of drug-likeness (QED) is 0.322. The normalized spacial score (nSPS) is 17.8. The van der Waals surface area contributed by atoms with Crippen molar-refractivity contribution in [3.8, 4) is 11.4 Å². The van der Waals surface area contributed by atoms with E-state index in [2.05, 4.69) is 69.4 Å². The molecule has 0 saturated carbocycles. The topological polar surface area (TPSA) is 30.3 Å². The molecule has 5 heteroatoms. The Kier molecular flexibility index (Phi) is 5.23. The SMILES string of the molecule is C=C(N1c2cc(C)ccc2[C@@H](Oc2ccc3c(cnn3-c3ccc(F)cc3)c2)[C@@H]1C)C(C)(C)C. The minimum Gasteiger partial charge on any atom is -0.483 e. The number of hydrogen-bond donors (Lipinski definition) is 0. The molecule has 34 heavy (non-hydrogen) atoms. The van der Waals surface area contributed by atoms with E-state index in [4.69, 9.17) is 4.74 Å². The molecule has 0 radical (unpaired) electrons. The number of ether oxygens (including phenoxy) is 1. The number of hydrogen-bond acceptors (Lipinski definition) is 3. The Balaban J connectivity index is 1.48. The molecule has 0 N–H and O–H groups in total. The van der Waals surface area contributed by atoms with Gasteiger partial charge in [-0.2, -0.15) is 5.10 Å². The lowest BCUT2D eigenvalue weighted by Crippen LogP contribution is -2.36. The van der Waals surface area contributed by atoms with Crippen LogP contribution in [0.25, 0.3) is 16.6 Å². The van der Waals surface area contributed by atoms with Gasteiger partial charge in [0.15, 0.2) is 0 Å². The van der Waals surface area contributed by atoms with Crippen molar-refractivity contribution in [2.75, 3.05) is 4.90 Å². The van der Waals surface area contributed by atoms with Gasteiger partial charge < -0.3 is 9.64 Å². The molecular formula is C29H30FN3O. The van der Waals surface area contributed by atoms with Crippen molar-refractivity contribution in [1.82, 2.24) is 9.78 Å². The summed E-state index contributed by atoms with van der Waals surface area (Å²) in [7, 11) is 0. The lowest BCUT2D eigenvalue weighted by Gasteiger charge is -2.36. The molecule has 0 bridgehead atoms. The summed E-state index contributed by atoms with van der Waals surface area (Å²) < 4.78 is 21.8. The minimum atomic E-state index is -0.264. The summed E-state index contributed by atoms with van der Waals surface area (Å²) in [5.74, 6) is 0.526. The van der Waals surface area contributed by atoms with E-state index < -0.39 is 0 Å². The van der Waals surface area contributed by atoms with Crippen LogP contribution in [0.2, 0.25) is 0 Å². The van der Waals surface area contributed by atoms with Crippen molar-refractivity contribution in [2.45, 2.75) is 46.8 Å². The molecule has 0 unspecified atom stereocenters. The molecule has 2 atom stereocenters. The first kappa shape index (κ1) is 22.2. The zero-order valence-electron chi connectivity index (χ0n) is 20.3. The summed E-state index contributed by atoms with van der Waals surface area (Å²) in [4.78, 5) is 2.33. The largest absolute Gasteiger partial charge is 0.483 e. The highest BCUT2D eigenvalue weighted by molar-refractivity contribution is 5.82. The molecule has 0 spiro atoms. The van der Waals surface area contributed by atoms with E-state index in [1.54, 1.807) is 12.1 Å². The minimum absolute atomic E-state index is 0.0575. The van der Waals surface area contributed by atoms with Crippen molar-refractivity contribution >= 4 is 16.6 Å². The second-order valence-corrected chi connectivity index (χ2v) is 10.2. The predicted molar refractivity (Wildman–Crippen MR) is 136 cm³/mol. The van der Waals surface area contributed by atoms with E-state index in [0.717, 1.165) is 28.0 Å². The molecule has 0 aliphatic carbocycles. The van der Waals surface area contributed by atoms with E-state index >= 15 is 0 Å². The van der Waals surface area contributed by atoms with Gasteiger partial charge in [0, 0.05) is 27.7 Å². The lowest BCUT2D eigenvalue weighted by atomic mass is 9.91. The second-order valence-electron chi connectivity index (χ2n) is 10.2. The number of nitrogens with zero attached hydrogens (tertiary/aromatic N) is 3. The Labute approximate surface area is 200 Å². The van der Waals surface area contributed by atoms with Gasteiger partial charge in [0.1, 0.15) is 17.7 Å². The van der Waals surface area contributed by atoms with Gasteiger partial charge in [0.25, 0.3) is 0 Å². The molecule has 2 heterocycles. The van der Waals surface area contributed by atoms with E-state index in [9.17, 15) is 4.39 Å². The predicted octanol–water partition coefficient (Wildman–Crippen LogP) is 7.36. The van der Waals surface area contributed by atoms with Gasteiger partial charge in [0.2, 0.25) is 0 Å². The van der Waals surface area contributed by atoms with Crippen molar-refractivity contribution in [1.29, 1.82) is 0 Å². The summed E-state index contributed by atoms with van der Waals surface area (Å²) in [6.07, 6.45) is 1.69. The molecule has 174 valence electrons. The highest BCUT2D eigenvalue weighted by atomic mass is 19.1. The van der Waals surface area contributed by atoms with E-state index in [1.807, 2.05) is 29.1 Å². The second kappa shape index (κ2) is 8.01. The summed E-state index contributed by atoms with van der Waals surface area (Å²) >= 11 is 0. The molecule has 3 aromatic carbocycles. The van der Waals surface area contributed by atoms with Gasteiger partial charge in [-0.1, -0.05) is 39.5 Å². The Morgan fingerprint density at radius 2 is 1.76 bits per heavy atom. The third kappa shape index (κ3) is 3.75. The van der Waals surface area contributed by atoms with Gasteiger partial charge in [-0.25, -0.2) is 9.07 Å². The van der Waals surface area contributed by atoms with Crippen molar-refractivity contribution in [2.24, 2.45) is 5.41 Å². The third-order valence-corrected chi connectivity index (χ3v) is 6.63. The molecule has 4 nitrogen and oxygen atoms in total.